The Morgan fingerprint density at radius 2 is 1.94 bits per heavy atom. The Balaban J connectivity index is 4.50. The lowest BCUT2D eigenvalue weighted by Gasteiger charge is -2.34. The van der Waals surface area contributed by atoms with E-state index in [4.69, 9.17) is 5.11 Å². The third-order valence-electron chi connectivity index (χ3n) is 2.63. The normalized spacial score (nSPS) is 11.1. The van der Waals surface area contributed by atoms with Gasteiger partial charge in [0.05, 0.1) is 6.61 Å². The van der Waals surface area contributed by atoms with Gasteiger partial charge in [0.15, 0.2) is 0 Å². The smallest absolute Gasteiger partial charge is 0.245 e. The molecular weight excluding hydrogens is 208 g/mol. The summed E-state index contributed by atoms with van der Waals surface area (Å²) in [4.78, 5) is 24.9. The molecule has 0 aliphatic heterocycles. The average molecular weight is 230 g/mol. The molecule has 0 heterocycles. The first kappa shape index (κ1) is 14.9. The van der Waals surface area contributed by atoms with Crippen LogP contribution in [0.15, 0.2) is 0 Å². The van der Waals surface area contributed by atoms with E-state index in [1.54, 1.807) is 20.9 Å². The Morgan fingerprint density at radius 1 is 1.38 bits per heavy atom. The van der Waals surface area contributed by atoms with Crippen LogP contribution >= 0.6 is 0 Å². The van der Waals surface area contributed by atoms with Crippen LogP contribution < -0.4 is 5.32 Å². The van der Waals surface area contributed by atoms with Crippen molar-refractivity contribution in [2.24, 2.45) is 0 Å². The molecule has 0 saturated heterocycles. The van der Waals surface area contributed by atoms with Crippen molar-refractivity contribution in [3.8, 4) is 0 Å². The summed E-state index contributed by atoms with van der Waals surface area (Å²) >= 11 is 0. The quantitative estimate of drug-likeness (QED) is 0.681. The number of hydrogen-bond donors (Lipinski definition) is 2. The van der Waals surface area contributed by atoms with Crippen LogP contribution in [-0.2, 0) is 9.59 Å². The van der Waals surface area contributed by atoms with Crippen molar-refractivity contribution >= 4 is 11.8 Å². The highest BCUT2D eigenvalue weighted by atomic mass is 16.3. The number of hydrogen-bond acceptors (Lipinski definition) is 3. The Morgan fingerprint density at radius 3 is 2.38 bits per heavy atom. The van der Waals surface area contributed by atoms with Crippen LogP contribution in [0.25, 0.3) is 0 Å². The van der Waals surface area contributed by atoms with E-state index in [-0.39, 0.29) is 25.0 Å². The maximum Gasteiger partial charge on any atom is 0.245 e. The van der Waals surface area contributed by atoms with Gasteiger partial charge in [-0.15, -0.1) is 0 Å². The first-order valence-electron chi connectivity index (χ1n) is 5.53. The summed E-state index contributed by atoms with van der Waals surface area (Å²) in [5.74, 6) is -0.305. The van der Waals surface area contributed by atoms with Crippen molar-refractivity contribution in [2.75, 3.05) is 20.2 Å². The standard InChI is InChI=1S/C11H22N2O3/c1-5-6-9(15)13(4)11(2,3)10(16)12-7-8-14/h14H,5-8H2,1-4H3,(H,12,16). The van der Waals surface area contributed by atoms with Crippen LogP contribution in [0, 0.1) is 0 Å². The second-order valence-corrected chi connectivity index (χ2v) is 4.24. The molecule has 0 atom stereocenters. The monoisotopic (exact) mass is 230 g/mol. The van der Waals surface area contributed by atoms with E-state index < -0.39 is 5.54 Å². The third-order valence-corrected chi connectivity index (χ3v) is 2.63. The van der Waals surface area contributed by atoms with Gasteiger partial charge in [-0.05, 0) is 20.3 Å². The summed E-state index contributed by atoms with van der Waals surface area (Å²) in [5, 5.41) is 11.2. The number of rotatable bonds is 6. The zero-order chi connectivity index (χ0) is 12.8. The number of likely N-dealkylation sites (N-methyl/N-ethyl adjacent to an activating group) is 1. The largest absolute Gasteiger partial charge is 0.395 e. The van der Waals surface area contributed by atoms with Crippen molar-refractivity contribution in [2.45, 2.75) is 39.2 Å². The first-order valence-corrected chi connectivity index (χ1v) is 5.53. The molecule has 0 aromatic carbocycles. The first-order chi connectivity index (χ1) is 7.37. The molecular formula is C11H22N2O3. The van der Waals surface area contributed by atoms with Crippen molar-refractivity contribution in [1.82, 2.24) is 10.2 Å². The van der Waals surface area contributed by atoms with Crippen LogP contribution in [-0.4, -0.2) is 47.6 Å². The molecule has 0 spiro atoms. The molecule has 0 aromatic rings. The minimum absolute atomic E-state index is 0.0494. The minimum Gasteiger partial charge on any atom is -0.395 e. The maximum atomic E-state index is 11.8. The highest BCUT2D eigenvalue weighted by Crippen LogP contribution is 2.14. The van der Waals surface area contributed by atoms with Gasteiger partial charge in [0.1, 0.15) is 5.54 Å². The summed E-state index contributed by atoms with van der Waals surface area (Å²) in [6.07, 6.45) is 1.20. The number of nitrogens with zero attached hydrogens (tertiary/aromatic N) is 1. The van der Waals surface area contributed by atoms with E-state index in [1.165, 1.54) is 4.90 Å². The predicted octanol–water partition coefficient (Wildman–Crippen LogP) is 0.132. The highest BCUT2D eigenvalue weighted by Gasteiger charge is 2.34. The van der Waals surface area contributed by atoms with Gasteiger partial charge in [-0.25, -0.2) is 0 Å². The van der Waals surface area contributed by atoms with Crippen LogP contribution in [0.4, 0.5) is 0 Å². The summed E-state index contributed by atoms with van der Waals surface area (Å²) in [5.41, 5.74) is -0.887. The Bertz CT molecular complexity index is 252. The van der Waals surface area contributed by atoms with E-state index in [0.29, 0.717) is 6.42 Å². The van der Waals surface area contributed by atoms with Crippen molar-refractivity contribution in [3.63, 3.8) is 0 Å². The summed E-state index contributed by atoms with van der Waals surface area (Å²) < 4.78 is 0. The molecule has 0 aliphatic carbocycles. The second-order valence-electron chi connectivity index (χ2n) is 4.24. The van der Waals surface area contributed by atoms with E-state index in [1.807, 2.05) is 6.92 Å². The number of nitrogens with one attached hydrogen (secondary N) is 1. The molecule has 0 saturated carbocycles. The van der Waals surface area contributed by atoms with Crippen molar-refractivity contribution in [3.05, 3.63) is 0 Å². The highest BCUT2D eigenvalue weighted by molar-refractivity contribution is 5.90. The van der Waals surface area contributed by atoms with E-state index in [2.05, 4.69) is 5.32 Å². The van der Waals surface area contributed by atoms with Crippen LogP contribution in [0.2, 0.25) is 0 Å². The number of carbonyl (C=O) groups is 2. The molecule has 16 heavy (non-hydrogen) atoms. The van der Waals surface area contributed by atoms with Crippen molar-refractivity contribution in [1.29, 1.82) is 0 Å². The molecule has 0 aromatic heterocycles. The molecule has 2 amide bonds. The predicted molar refractivity (Wildman–Crippen MR) is 61.9 cm³/mol. The molecule has 0 unspecified atom stereocenters. The molecule has 5 nitrogen and oxygen atoms in total. The van der Waals surface area contributed by atoms with Gasteiger partial charge in [0.25, 0.3) is 0 Å². The number of aliphatic hydroxyl groups excluding tert-OH is 1. The Hall–Kier alpha value is -1.10. The van der Waals surface area contributed by atoms with Gasteiger partial charge in [-0.1, -0.05) is 6.92 Å². The summed E-state index contributed by atoms with van der Waals surface area (Å²) in [6, 6.07) is 0. The fraction of sp³-hybridized carbons (Fsp3) is 0.818. The molecule has 0 bridgehead atoms. The van der Waals surface area contributed by atoms with E-state index in [0.717, 1.165) is 6.42 Å². The van der Waals surface area contributed by atoms with Gasteiger partial charge in [0, 0.05) is 20.0 Å². The third kappa shape index (κ3) is 3.81. The molecule has 0 aliphatic rings. The lowest BCUT2D eigenvalue weighted by molar-refractivity contribution is -0.144. The van der Waals surface area contributed by atoms with Gasteiger partial charge in [-0.3, -0.25) is 9.59 Å². The van der Waals surface area contributed by atoms with Crippen LogP contribution in [0.5, 0.6) is 0 Å². The lowest BCUT2D eigenvalue weighted by Crippen LogP contribution is -2.55. The SMILES string of the molecule is CCCC(=O)N(C)C(C)(C)C(=O)NCCO. The summed E-state index contributed by atoms with van der Waals surface area (Å²) in [6.45, 7) is 5.40. The molecule has 0 fully saturated rings. The van der Waals surface area contributed by atoms with E-state index >= 15 is 0 Å². The minimum atomic E-state index is -0.887. The van der Waals surface area contributed by atoms with E-state index in [9.17, 15) is 9.59 Å². The molecule has 5 heteroatoms. The fourth-order valence-electron chi connectivity index (χ4n) is 1.23. The van der Waals surface area contributed by atoms with Crippen molar-refractivity contribution < 1.29 is 14.7 Å². The Kier molecular flexibility index (Phi) is 6.03. The van der Waals surface area contributed by atoms with Crippen LogP contribution in [0.1, 0.15) is 33.6 Å². The van der Waals surface area contributed by atoms with Gasteiger partial charge >= 0.3 is 0 Å². The topological polar surface area (TPSA) is 69.6 Å². The molecule has 0 radical (unpaired) electrons. The number of aliphatic hydroxyl groups is 1. The molecule has 0 rings (SSSR count). The second kappa shape index (κ2) is 6.48. The molecule has 2 N–H and O–H groups in total. The summed E-state index contributed by atoms with van der Waals surface area (Å²) in [7, 11) is 1.62. The number of carbonyl (C=O) groups excluding carboxylic acids is 2. The van der Waals surface area contributed by atoms with Gasteiger partial charge in [0.2, 0.25) is 11.8 Å². The van der Waals surface area contributed by atoms with Crippen LogP contribution in [0.3, 0.4) is 0 Å². The fourth-order valence-corrected chi connectivity index (χ4v) is 1.23. The van der Waals surface area contributed by atoms with Gasteiger partial charge < -0.3 is 15.3 Å². The lowest BCUT2D eigenvalue weighted by atomic mass is 10.0. The zero-order valence-corrected chi connectivity index (χ0v) is 10.5. The molecule has 94 valence electrons. The average Bonchev–Trinajstić information content (AvgIpc) is 2.24. The van der Waals surface area contributed by atoms with Gasteiger partial charge in [-0.2, -0.15) is 0 Å². The number of amides is 2. The zero-order valence-electron chi connectivity index (χ0n) is 10.5. The maximum absolute atomic E-state index is 11.8. The Labute approximate surface area is 96.8 Å².